The second-order valence-corrected chi connectivity index (χ2v) is 5.90. The van der Waals surface area contributed by atoms with E-state index in [2.05, 4.69) is 24.1 Å². The molecule has 1 aromatic carbocycles. The van der Waals surface area contributed by atoms with Crippen LogP contribution in [0.2, 0.25) is 0 Å². The molecule has 2 unspecified atom stereocenters. The molecule has 1 aromatic heterocycles. The maximum absolute atomic E-state index is 9.80. The molecule has 1 aliphatic carbocycles. The lowest BCUT2D eigenvalue weighted by molar-refractivity contribution is -0.0510. The van der Waals surface area contributed by atoms with Crippen molar-refractivity contribution in [1.29, 1.82) is 0 Å². The summed E-state index contributed by atoms with van der Waals surface area (Å²) in [6.07, 6.45) is 2.34. The van der Waals surface area contributed by atoms with E-state index in [0.717, 1.165) is 28.7 Å². The first kappa shape index (κ1) is 12.2. The molecule has 1 aliphatic rings. The van der Waals surface area contributed by atoms with Crippen LogP contribution in [0, 0.1) is 5.41 Å². The molecule has 4 heteroatoms. The van der Waals surface area contributed by atoms with E-state index in [1.165, 1.54) is 0 Å². The van der Waals surface area contributed by atoms with Crippen LogP contribution in [0.1, 0.15) is 20.3 Å². The normalized spacial score (nSPS) is 25.0. The molecule has 3 rings (SSSR count). The summed E-state index contributed by atoms with van der Waals surface area (Å²) in [6, 6.07) is 8.00. The highest BCUT2D eigenvalue weighted by atomic mass is 16.3. The molecule has 0 spiro atoms. The number of aliphatic hydroxyl groups is 1. The van der Waals surface area contributed by atoms with Gasteiger partial charge in [-0.05, 0) is 30.7 Å². The fourth-order valence-electron chi connectivity index (χ4n) is 2.63. The highest BCUT2D eigenvalue weighted by Gasteiger charge is 2.47. The molecule has 1 saturated carbocycles. The van der Waals surface area contributed by atoms with Crippen molar-refractivity contribution in [2.24, 2.45) is 5.41 Å². The summed E-state index contributed by atoms with van der Waals surface area (Å²) >= 11 is 0. The first-order chi connectivity index (χ1) is 8.98. The Morgan fingerprint density at radius 3 is 2.84 bits per heavy atom. The number of rotatable bonds is 2. The molecule has 19 heavy (non-hydrogen) atoms. The molecule has 0 amide bonds. The minimum atomic E-state index is -0.228. The van der Waals surface area contributed by atoms with E-state index in [4.69, 9.17) is 5.73 Å². The van der Waals surface area contributed by atoms with Crippen molar-refractivity contribution in [3.63, 3.8) is 0 Å². The average molecular weight is 257 g/mol. The van der Waals surface area contributed by atoms with Crippen LogP contribution in [0.4, 0.5) is 11.4 Å². The Balaban J connectivity index is 1.94. The van der Waals surface area contributed by atoms with Gasteiger partial charge >= 0.3 is 0 Å². The molecule has 1 heterocycles. The van der Waals surface area contributed by atoms with Gasteiger partial charge in [-0.3, -0.25) is 4.98 Å². The molecule has 0 saturated heterocycles. The Labute approximate surface area is 112 Å². The number of nitrogens with two attached hydrogens (primary N) is 1. The molecule has 4 N–H and O–H groups in total. The smallest absolute Gasteiger partial charge is 0.0743 e. The molecule has 100 valence electrons. The second-order valence-electron chi connectivity index (χ2n) is 5.90. The van der Waals surface area contributed by atoms with Gasteiger partial charge in [-0.15, -0.1) is 0 Å². The van der Waals surface area contributed by atoms with Gasteiger partial charge in [0.1, 0.15) is 0 Å². The molecule has 2 atom stereocenters. The van der Waals surface area contributed by atoms with Crippen LogP contribution in [0.25, 0.3) is 10.9 Å². The lowest BCUT2D eigenvalue weighted by Crippen LogP contribution is -2.56. The van der Waals surface area contributed by atoms with Crippen molar-refractivity contribution in [3.05, 3.63) is 30.5 Å². The van der Waals surface area contributed by atoms with Crippen LogP contribution < -0.4 is 11.1 Å². The monoisotopic (exact) mass is 257 g/mol. The van der Waals surface area contributed by atoms with Crippen LogP contribution in [0.5, 0.6) is 0 Å². The first-order valence-corrected chi connectivity index (χ1v) is 6.57. The lowest BCUT2D eigenvalue weighted by atomic mass is 9.64. The molecule has 0 aliphatic heterocycles. The summed E-state index contributed by atoms with van der Waals surface area (Å²) in [5.41, 5.74) is 8.35. The summed E-state index contributed by atoms with van der Waals surface area (Å²) in [5.74, 6) is 0. The van der Waals surface area contributed by atoms with Gasteiger partial charge in [0.05, 0.1) is 11.6 Å². The van der Waals surface area contributed by atoms with E-state index in [0.29, 0.717) is 0 Å². The van der Waals surface area contributed by atoms with Crippen molar-refractivity contribution in [1.82, 2.24) is 4.98 Å². The molecular formula is C15H19N3O. The Kier molecular flexibility index (Phi) is 2.64. The van der Waals surface area contributed by atoms with Gasteiger partial charge in [-0.25, -0.2) is 0 Å². The van der Waals surface area contributed by atoms with Crippen molar-refractivity contribution >= 4 is 22.3 Å². The van der Waals surface area contributed by atoms with Crippen molar-refractivity contribution in [2.75, 3.05) is 11.1 Å². The van der Waals surface area contributed by atoms with Crippen LogP contribution in [0.15, 0.2) is 30.5 Å². The Morgan fingerprint density at radius 1 is 1.37 bits per heavy atom. The largest absolute Gasteiger partial charge is 0.399 e. The molecule has 0 radical (unpaired) electrons. The highest BCUT2D eigenvalue weighted by molar-refractivity contribution is 5.92. The molecule has 4 nitrogen and oxygen atoms in total. The summed E-state index contributed by atoms with van der Waals surface area (Å²) in [7, 11) is 0. The number of aromatic nitrogens is 1. The Bertz CT molecular complexity index is 624. The van der Waals surface area contributed by atoms with Gasteiger partial charge in [-0.2, -0.15) is 0 Å². The predicted molar refractivity (Wildman–Crippen MR) is 78.0 cm³/mol. The molecule has 0 bridgehead atoms. The number of fused-ring (bicyclic) bond motifs is 1. The van der Waals surface area contributed by atoms with Gasteiger partial charge < -0.3 is 16.2 Å². The summed E-state index contributed by atoms with van der Waals surface area (Å²) < 4.78 is 0. The highest BCUT2D eigenvalue weighted by Crippen LogP contribution is 2.42. The minimum absolute atomic E-state index is 0.0938. The quantitative estimate of drug-likeness (QED) is 0.722. The zero-order valence-electron chi connectivity index (χ0n) is 11.2. The Hall–Kier alpha value is -1.81. The topological polar surface area (TPSA) is 71.2 Å². The van der Waals surface area contributed by atoms with Crippen LogP contribution in [-0.4, -0.2) is 22.2 Å². The number of nitrogen functional groups attached to an aromatic ring is 1. The van der Waals surface area contributed by atoms with Crippen molar-refractivity contribution in [3.8, 4) is 0 Å². The van der Waals surface area contributed by atoms with Crippen molar-refractivity contribution < 1.29 is 5.11 Å². The standard InChI is InChI=1S/C15H19N3O/c1-15(2)13(8-14(15)19)18-11-5-6-17-12-7-9(16)3-4-10(11)12/h3-7,13-14,19H,8,16H2,1-2H3,(H,17,18). The van der Waals surface area contributed by atoms with Crippen molar-refractivity contribution in [2.45, 2.75) is 32.4 Å². The van der Waals surface area contributed by atoms with E-state index in [9.17, 15) is 5.11 Å². The maximum atomic E-state index is 9.80. The van der Waals surface area contributed by atoms with Gasteiger partial charge in [0, 0.05) is 34.4 Å². The third kappa shape index (κ3) is 1.92. The minimum Gasteiger partial charge on any atom is -0.399 e. The van der Waals surface area contributed by atoms with E-state index >= 15 is 0 Å². The molecular weight excluding hydrogens is 238 g/mol. The van der Waals surface area contributed by atoms with Crippen LogP contribution >= 0.6 is 0 Å². The SMILES string of the molecule is CC1(C)C(O)CC1Nc1ccnc2cc(N)ccc12. The van der Waals surface area contributed by atoms with Crippen LogP contribution in [0.3, 0.4) is 0 Å². The first-order valence-electron chi connectivity index (χ1n) is 6.57. The van der Waals surface area contributed by atoms with Gasteiger partial charge in [0.15, 0.2) is 0 Å². The Morgan fingerprint density at radius 2 is 2.16 bits per heavy atom. The second kappa shape index (κ2) is 4.10. The maximum Gasteiger partial charge on any atom is 0.0743 e. The van der Waals surface area contributed by atoms with Gasteiger partial charge in [0.25, 0.3) is 0 Å². The summed E-state index contributed by atoms with van der Waals surface area (Å²) in [6.45, 7) is 4.17. The van der Waals surface area contributed by atoms with Gasteiger partial charge in [0.2, 0.25) is 0 Å². The number of hydrogen-bond acceptors (Lipinski definition) is 4. The summed E-state index contributed by atoms with van der Waals surface area (Å²) in [5, 5.41) is 14.4. The number of benzene rings is 1. The van der Waals surface area contributed by atoms with E-state index in [1.54, 1.807) is 6.20 Å². The predicted octanol–water partition coefficient (Wildman–Crippen LogP) is 2.39. The third-order valence-electron chi connectivity index (χ3n) is 4.31. The van der Waals surface area contributed by atoms with E-state index in [1.807, 2.05) is 24.3 Å². The molecule has 1 fully saturated rings. The number of pyridine rings is 1. The number of nitrogens with one attached hydrogen (secondary N) is 1. The fourth-order valence-corrected chi connectivity index (χ4v) is 2.63. The van der Waals surface area contributed by atoms with E-state index in [-0.39, 0.29) is 17.6 Å². The number of hydrogen-bond donors (Lipinski definition) is 3. The zero-order valence-corrected chi connectivity index (χ0v) is 11.2. The summed E-state index contributed by atoms with van der Waals surface area (Å²) in [4.78, 5) is 4.34. The van der Waals surface area contributed by atoms with Crippen LogP contribution in [-0.2, 0) is 0 Å². The zero-order chi connectivity index (χ0) is 13.6. The fraction of sp³-hybridized carbons (Fsp3) is 0.400. The number of anilines is 2. The molecule has 2 aromatic rings. The number of nitrogens with zero attached hydrogens (tertiary/aromatic N) is 1. The van der Waals surface area contributed by atoms with E-state index < -0.39 is 0 Å². The average Bonchev–Trinajstić information content (AvgIpc) is 2.38. The third-order valence-corrected chi connectivity index (χ3v) is 4.31. The lowest BCUT2D eigenvalue weighted by Gasteiger charge is -2.50. The number of aliphatic hydroxyl groups excluding tert-OH is 1. The van der Waals surface area contributed by atoms with Gasteiger partial charge in [-0.1, -0.05) is 13.8 Å².